The summed E-state index contributed by atoms with van der Waals surface area (Å²) in [7, 11) is -2.16. The molecule has 0 fully saturated rings. The molecule has 0 aliphatic rings. The van der Waals surface area contributed by atoms with E-state index in [2.05, 4.69) is 30.8 Å². The van der Waals surface area contributed by atoms with E-state index in [1.165, 1.54) is 36.9 Å². The van der Waals surface area contributed by atoms with Crippen LogP contribution < -0.4 is 10.0 Å². The van der Waals surface area contributed by atoms with Gasteiger partial charge < -0.3 is 5.32 Å². The molecule has 6 heteroatoms. The van der Waals surface area contributed by atoms with Crippen molar-refractivity contribution >= 4 is 21.6 Å². The van der Waals surface area contributed by atoms with Crippen LogP contribution in [0.25, 0.3) is 0 Å². The number of sulfonamides is 1. The summed E-state index contributed by atoms with van der Waals surface area (Å²) in [5.74, 6) is -0.285. The van der Waals surface area contributed by atoms with E-state index in [9.17, 15) is 13.2 Å². The lowest BCUT2D eigenvalue weighted by Gasteiger charge is -2.19. The summed E-state index contributed by atoms with van der Waals surface area (Å²) in [6.07, 6.45) is 0. The van der Waals surface area contributed by atoms with Gasteiger partial charge in [-0.25, -0.2) is 13.1 Å². The van der Waals surface area contributed by atoms with Crippen molar-refractivity contribution in [2.24, 2.45) is 0 Å². The van der Waals surface area contributed by atoms with Crippen molar-refractivity contribution in [3.8, 4) is 0 Å². The van der Waals surface area contributed by atoms with Gasteiger partial charge in [-0.2, -0.15) is 0 Å². The quantitative estimate of drug-likeness (QED) is 0.893. The second kappa shape index (κ2) is 6.75. The highest BCUT2D eigenvalue weighted by atomic mass is 32.2. The van der Waals surface area contributed by atoms with E-state index in [0.717, 1.165) is 0 Å². The highest BCUT2D eigenvalue weighted by Crippen LogP contribution is 2.23. The molecular weight excluding hydrogens is 324 g/mol. The Morgan fingerprint density at radius 2 is 1.46 bits per heavy atom. The molecule has 0 spiro atoms. The van der Waals surface area contributed by atoms with Crippen LogP contribution in [0.5, 0.6) is 0 Å². The third kappa shape index (κ3) is 4.21. The predicted octanol–water partition coefficient (Wildman–Crippen LogP) is 3.14. The van der Waals surface area contributed by atoms with Gasteiger partial charge in [0.25, 0.3) is 5.91 Å². The lowest BCUT2D eigenvalue weighted by atomic mass is 9.87. The van der Waals surface area contributed by atoms with Gasteiger partial charge in [-0.3, -0.25) is 4.79 Å². The molecule has 0 heterocycles. The number of hydrogen-bond acceptors (Lipinski definition) is 3. The fourth-order valence-corrected chi connectivity index (χ4v) is 2.89. The van der Waals surface area contributed by atoms with Crippen molar-refractivity contribution in [2.45, 2.75) is 31.1 Å². The average molecular weight is 346 g/mol. The second-order valence-electron chi connectivity index (χ2n) is 6.51. The monoisotopic (exact) mass is 346 g/mol. The van der Waals surface area contributed by atoms with Crippen molar-refractivity contribution < 1.29 is 13.2 Å². The van der Waals surface area contributed by atoms with Crippen LogP contribution in [0.3, 0.4) is 0 Å². The Morgan fingerprint density at radius 1 is 0.917 bits per heavy atom. The zero-order valence-electron chi connectivity index (χ0n) is 14.3. The SMILES string of the molecule is CNS(=O)(=O)c1ccc(C(=O)Nc2ccc(C(C)(C)C)cc2)cc1. The molecule has 0 bridgehead atoms. The number of nitrogens with one attached hydrogen (secondary N) is 2. The number of carbonyl (C=O) groups excluding carboxylic acids is 1. The van der Waals surface area contributed by atoms with Crippen molar-refractivity contribution in [3.63, 3.8) is 0 Å². The maximum Gasteiger partial charge on any atom is 0.255 e. The van der Waals surface area contributed by atoms with Crippen LogP contribution in [0.2, 0.25) is 0 Å². The fourth-order valence-electron chi connectivity index (χ4n) is 2.16. The van der Waals surface area contributed by atoms with E-state index in [-0.39, 0.29) is 16.2 Å². The van der Waals surface area contributed by atoms with E-state index >= 15 is 0 Å². The molecule has 0 radical (unpaired) electrons. The van der Waals surface area contributed by atoms with Gasteiger partial charge in [0.2, 0.25) is 10.0 Å². The summed E-state index contributed by atoms with van der Waals surface area (Å²) in [5.41, 5.74) is 2.32. The number of amides is 1. The first kappa shape index (κ1) is 18.2. The largest absolute Gasteiger partial charge is 0.322 e. The molecule has 1 amide bonds. The molecular formula is C18H22N2O3S. The summed E-state index contributed by atoms with van der Waals surface area (Å²) >= 11 is 0. The maximum absolute atomic E-state index is 12.3. The molecule has 0 saturated carbocycles. The first-order valence-electron chi connectivity index (χ1n) is 7.59. The molecule has 0 aliphatic heterocycles. The maximum atomic E-state index is 12.3. The van der Waals surface area contributed by atoms with Gasteiger partial charge in [0.05, 0.1) is 4.90 Å². The van der Waals surface area contributed by atoms with Crippen molar-refractivity contribution in [2.75, 3.05) is 12.4 Å². The van der Waals surface area contributed by atoms with Crippen molar-refractivity contribution in [1.82, 2.24) is 4.72 Å². The molecule has 5 nitrogen and oxygen atoms in total. The molecule has 128 valence electrons. The molecule has 24 heavy (non-hydrogen) atoms. The first-order valence-corrected chi connectivity index (χ1v) is 9.07. The highest BCUT2D eigenvalue weighted by molar-refractivity contribution is 7.89. The molecule has 0 saturated heterocycles. The van der Waals surface area contributed by atoms with E-state index in [1.54, 1.807) is 0 Å². The second-order valence-corrected chi connectivity index (χ2v) is 8.40. The molecule has 2 aromatic carbocycles. The van der Waals surface area contributed by atoms with E-state index in [0.29, 0.717) is 11.3 Å². The number of anilines is 1. The minimum absolute atomic E-state index is 0.0528. The fraction of sp³-hybridized carbons (Fsp3) is 0.278. The van der Waals surface area contributed by atoms with E-state index < -0.39 is 10.0 Å². The number of rotatable bonds is 4. The van der Waals surface area contributed by atoms with Crippen LogP contribution in [-0.2, 0) is 15.4 Å². The van der Waals surface area contributed by atoms with Gasteiger partial charge in [-0.1, -0.05) is 32.9 Å². The van der Waals surface area contributed by atoms with Crippen molar-refractivity contribution in [1.29, 1.82) is 0 Å². The Kier molecular flexibility index (Phi) is 5.11. The summed E-state index contributed by atoms with van der Waals surface area (Å²) in [5, 5.41) is 2.81. The lowest BCUT2D eigenvalue weighted by molar-refractivity contribution is 0.102. The molecule has 0 aromatic heterocycles. The van der Waals surface area contributed by atoms with Gasteiger partial charge in [0.15, 0.2) is 0 Å². The van der Waals surface area contributed by atoms with Gasteiger partial charge in [0.1, 0.15) is 0 Å². The van der Waals surface area contributed by atoms with E-state index in [4.69, 9.17) is 0 Å². The zero-order chi connectivity index (χ0) is 18.0. The molecule has 0 unspecified atom stereocenters. The molecule has 0 atom stereocenters. The summed E-state index contributed by atoms with van der Waals surface area (Å²) in [6, 6.07) is 13.5. The molecule has 2 N–H and O–H groups in total. The van der Waals surface area contributed by atoms with Gasteiger partial charge in [-0.05, 0) is 54.4 Å². The lowest BCUT2D eigenvalue weighted by Crippen LogP contribution is -2.19. The Morgan fingerprint density at radius 3 is 1.92 bits per heavy atom. The minimum atomic E-state index is -3.50. The molecule has 0 aliphatic carbocycles. The predicted molar refractivity (Wildman–Crippen MR) is 95.8 cm³/mol. The van der Waals surface area contributed by atoms with Crippen LogP contribution >= 0.6 is 0 Å². The van der Waals surface area contributed by atoms with Crippen LogP contribution in [-0.4, -0.2) is 21.4 Å². The third-order valence-electron chi connectivity index (χ3n) is 3.70. The first-order chi connectivity index (χ1) is 11.1. The normalized spacial score (nSPS) is 12.0. The smallest absolute Gasteiger partial charge is 0.255 e. The van der Waals surface area contributed by atoms with Crippen LogP contribution in [0.15, 0.2) is 53.4 Å². The van der Waals surface area contributed by atoms with E-state index in [1.807, 2.05) is 24.3 Å². The number of hydrogen-bond donors (Lipinski definition) is 2. The van der Waals surface area contributed by atoms with Crippen LogP contribution in [0, 0.1) is 0 Å². The zero-order valence-corrected chi connectivity index (χ0v) is 15.1. The van der Waals surface area contributed by atoms with Crippen LogP contribution in [0.4, 0.5) is 5.69 Å². The van der Waals surface area contributed by atoms with Gasteiger partial charge in [-0.15, -0.1) is 0 Å². The standard InChI is InChI=1S/C18H22N2O3S/c1-18(2,3)14-7-9-15(10-8-14)20-17(21)13-5-11-16(12-6-13)24(22,23)19-4/h5-12,19H,1-4H3,(H,20,21). The topological polar surface area (TPSA) is 75.3 Å². The molecule has 2 aromatic rings. The van der Waals surface area contributed by atoms with Crippen LogP contribution in [0.1, 0.15) is 36.7 Å². The number of carbonyl (C=O) groups is 1. The Labute approximate surface area is 143 Å². The van der Waals surface area contributed by atoms with Gasteiger partial charge >= 0.3 is 0 Å². The summed E-state index contributed by atoms with van der Waals surface area (Å²) in [4.78, 5) is 12.4. The Bertz CT molecular complexity index is 818. The Balaban J connectivity index is 2.13. The minimum Gasteiger partial charge on any atom is -0.322 e. The summed E-state index contributed by atoms with van der Waals surface area (Å²) < 4.78 is 25.6. The summed E-state index contributed by atoms with van der Waals surface area (Å²) in [6.45, 7) is 6.38. The Hall–Kier alpha value is -2.18. The van der Waals surface area contributed by atoms with Gasteiger partial charge in [0, 0.05) is 11.3 Å². The average Bonchev–Trinajstić information content (AvgIpc) is 2.54. The van der Waals surface area contributed by atoms with Crippen molar-refractivity contribution in [3.05, 3.63) is 59.7 Å². The third-order valence-corrected chi connectivity index (χ3v) is 5.13. The number of benzene rings is 2. The highest BCUT2D eigenvalue weighted by Gasteiger charge is 2.14. The molecule has 2 rings (SSSR count).